The first kappa shape index (κ1) is 32.3. The summed E-state index contributed by atoms with van der Waals surface area (Å²) in [4.78, 5) is 26.6. The minimum Gasteiger partial charge on any atom is -0.462 e. The molecule has 240 valence electrons. The van der Waals surface area contributed by atoms with Gasteiger partial charge in [-0.05, 0) is 131 Å². The Hall–Kier alpha value is -1.06. The van der Waals surface area contributed by atoms with Gasteiger partial charge in [-0.3, -0.25) is 9.59 Å². The molecule has 4 heteroatoms. The van der Waals surface area contributed by atoms with Gasteiger partial charge >= 0.3 is 11.9 Å². The predicted molar refractivity (Wildman–Crippen MR) is 170 cm³/mol. The van der Waals surface area contributed by atoms with Gasteiger partial charge in [0, 0.05) is 0 Å². The molecule has 0 spiro atoms. The van der Waals surface area contributed by atoms with E-state index in [1.54, 1.807) is 0 Å². The van der Waals surface area contributed by atoms with Crippen LogP contribution in [0.2, 0.25) is 0 Å². The summed E-state index contributed by atoms with van der Waals surface area (Å²) in [5, 5.41) is 0. The van der Waals surface area contributed by atoms with E-state index in [-0.39, 0.29) is 36.5 Å². The van der Waals surface area contributed by atoms with E-state index in [1.165, 1.54) is 109 Å². The zero-order valence-electron chi connectivity index (χ0n) is 27.4. The third-order valence-electron chi connectivity index (χ3n) is 13.3. The summed E-state index contributed by atoms with van der Waals surface area (Å²) in [5.41, 5.74) is 0. The summed E-state index contributed by atoms with van der Waals surface area (Å²) in [7, 11) is 0. The van der Waals surface area contributed by atoms with Crippen LogP contribution in [0.5, 0.6) is 0 Å². The van der Waals surface area contributed by atoms with Crippen molar-refractivity contribution in [2.75, 3.05) is 6.61 Å². The van der Waals surface area contributed by atoms with Gasteiger partial charge in [-0.15, -0.1) is 0 Å². The van der Waals surface area contributed by atoms with Crippen molar-refractivity contribution in [1.29, 1.82) is 0 Å². The molecule has 0 amide bonds. The molecule has 5 aliphatic rings. The zero-order valence-corrected chi connectivity index (χ0v) is 27.4. The molecule has 0 heterocycles. The lowest BCUT2D eigenvalue weighted by Crippen LogP contribution is -2.38. The van der Waals surface area contributed by atoms with Crippen LogP contribution in [0.15, 0.2) is 0 Å². The Kier molecular flexibility index (Phi) is 12.6. The van der Waals surface area contributed by atoms with Gasteiger partial charge in [-0.25, -0.2) is 0 Å². The van der Waals surface area contributed by atoms with Gasteiger partial charge in [0.05, 0.1) is 11.8 Å². The van der Waals surface area contributed by atoms with Crippen molar-refractivity contribution in [3.63, 3.8) is 0 Å². The van der Waals surface area contributed by atoms with Gasteiger partial charge < -0.3 is 9.47 Å². The molecule has 0 saturated heterocycles. The van der Waals surface area contributed by atoms with Gasteiger partial charge in [0.15, 0.2) is 0 Å². The van der Waals surface area contributed by atoms with Gasteiger partial charge in [-0.2, -0.15) is 0 Å². The van der Waals surface area contributed by atoms with E-state index in [9.17, 15) is 9.59 Å². The van der Waals surface area contributed by atoms with Crippen LogP contribution >= 0.6 is 0 Å². The number of carbonyl (C=O) groups is 2. The number of ether oxygens (including phenoxy) is 2. The summed E-state index contributed by atoms with van der Waals surface area (Å²) in [6.45, 7) is 4.95. The molecule has 42 heavy (non-hydrogen) atoms. The quantitative estimate of drug-likeness (QED) is 0.240. The van der Waals surface area contributed by atoms with E-state index in [1.807, 2.05) is 0 Å². The largest absolute Gasteiger partial charge is 0.462 e. The first-order valence-corrected chi connectivity index (χ1v) is 18.9. The fourth-order valence-corrected chi connectivity index (χ4v) is 10.1. The van der Waals surface area contributed by atoms with Crippen LogP contribution in [0.1, 0.15) is 162 Å². The number of hydrogen-bond acceptors (Lipinski definition) is 4. The molecule has 1 unspecified atom stereocenters. The highest BCUT2D eigenvalue weighted by molar-refractivity contribution is 5.73. The van der Waals surface area contributed by atoms with E-state index in [0.29, 0.717) is 5.92 Å². The second-order valence-electron chi connectivity index (χ2n) is 15.6. The number of rotatable bonds is 10. The van der Waals surface area contributed by atoms with E-state index in [2.05, 4.69) is 13.8 Å². The van der Waals surface area contributed by atoms with E-state index >= 15 is 0 Å². The molecule has 0 radical (unpaired) electrons. The van der Waals surface area contributed by atoms with Gasteiger partial charge in [0.1, 0.15) is 12.7 Å². The van der Waals surface area contributed by atoms with Crippen LogP contribution in [0, 0.1) is 53.3 Å². The minimum absolute atomic E-state index is 0.00642. The number of carbonyl (C=O) groups excluding carboxylic acids is 2. The molecule has 5 saturated carbocycles. The van der Waals surface area contributed by atoms with Crippen LogP contribution in [-0.2, 0) is 19.1 Å². The summed E-state index contributed by atoms with van der Waals surface area (Å²) in [6.07, 6.45) is 28.2. The second-order valence-corrected chi connectivity index (χ2v) is 15.6. The maximum atomic E-state index is 13.4. The summed E-state index contributed by atoms with van der Waals surface area (Å²) >= 11 is 0. The maximum Gasteiger partial charge on any atom is 0.309 e. The fourth-order valence-electron chi connectivity index (χ4n) is 10.1. The molecular formula is C38H64O4. The lowest BCUT2D eigenvalue weighted by molar-refractivity contribution is -0.170. The number of hydrogen-bond donors (Lipinski definition) is 0. The molecular weight excluding hydrogens is 520 g/mol. The Balaban J connectivity index is 1.06. The Morgan fingerprint density at radius 2 is 0.929 bits per heavy atom. The molecule has 0 aromatic heterocycles. The Labute approximate surface area is 258 Å². The Morgan fingerprint density at radius 1 is 0.524 bits per heavy atom. The first-order chi connectivity index (χ1) is 20.5. The van der Waals surface area contributed by atoms with Crippen molar-refractivity contribution >= 4 is 11.9 Å². The maximum absolute atomic E-state index is 13.4. The lowest BCUT2D eigenvalue weighted by atomic mass is 9.69. The van der Waals surface area contributed by atoms with Crippen molar-refractivity contribution < 1.29 is 19.1 Å². The predicted octanol–water partition coefficient (Wildman–Crippen LogP) is 10.1. The van der Waals surface area contributed by atoms with E-state index in [0.717, 1.165) is 74.0 Å². The highest BCUT2D eigenvalue weighted by Crippen LogP contribution is 2.44. The molecule has 5 rings (SSSR count). The van der Waals surface area contributed by atoms with E-state index in [4.69, 9.17) is 9.47 Å². The molecule has 4 nitrogen and oxygen atoms in total. The lowest BCUT2D eigenvalue weighted by Gasteiger charge is -2.38. The smallest absolute Gasteiger partial charge is 0.309 e. The summed E-state index contributed by atoms with van der Waals surface area (Å²) < 4.78 is 12.3. The molecule has 5 fully saturated rings. The molecule has 0 aliphatic heterocycles. The molecule has 0 aromatic rings. The van der Waals surface area contributed by atoms with Crippen LogP contribution in [0.25, 0.3) is 0 Å². The molecule has 0 bridgehead atoms. The van der Waals surface area contributed by atoms with Gasteiger partial charge in [0.25, 0.3) is 0 Å². The third-order valence-corrected chi connectivity index (χ3v) is 13.3. The molecule has 0 aromatic carbocycles. The number of esters is 2. The van der Waals surface area contributed by atoms with Crippen molar-refractivity contribution in [2.24, 2.45) is 53.3 Å². The van der Waals surface area contributed by atoms with Crippen LogP contribution in [-0.4, -0.2) is 24.6 Å². The average Bonchev–Trinajstić information content (AvgIpc) is 3.07. The molecule has 1 atom stereocenters. The first-order valence-electron chi connectivity index (χ1n) is 18.9. The van der Waals surface area contributed by atoms with Crippen molar-refractivity contribution in [3.05, 3.63) is 0 Å². The zero-order chi connectivity index (χ0) is 29.3. The highest BCUT2D eigenvalue weighted by atomic mass is 16.6. The summed E-state index contributed by atoms with van der Waals surface area (Å²) in [5.74, 6) is 5.66. The standard InChI is InChI=1S/C38H64O4/c1-3-27-10-14-29(15-11-27)31-18-22-34(23-19-31)37(39)41-26-36(33-8-6-5-7-9-33)42-38(40)35-24-20-32(21-25-35)30-16-12-28(4-2)13-17-30/h27-36H,3-26H2,1-2H3. The topological polar surface area (TPSA) is 52.6 Å². The monoisotopic (exact) mass is 584 g/mol. The molecule has 5 aliphatic carbocycles. The van der Waals surface area contributed by atoms with Crippen molar-refractivity contribution in [1.82, 2.24) is 0 Å². The van der Waals surface area contributed by atoms with Crippen LogP contribution in [0.3, 0.4) is 0 Å². The second kappa shape index (κ2) is 16.3. The Morgan fingerprint density at radius 3 is 1.36 bits per heavy atom. The average molecular weight is 585 g/mol. The third kappa shape index (κ3) is 8.77. The normalized spacial score (nSPS) is 37.5. The van der Waals surface area contributed by atoms with E-state index < -0.39 is 0 Å². The minimum atomic E-state index is -0.256. The van der Waals surface area contributed by atoms with Crippen molar-refractivity contribution in [3.8, 4) is 0 Å². The van der Waals surface area contributed by atoms with Gasteiger partial charge in [0.2, 0.25) is 0 Å². The van der Waals surface area contributed by atoms with Crippen molar-refractivity contribution in [2.45, 2.75) is 168 Å². The highest BCUT2D eigenvalue weighted by Gasteiger charge is 2.37. The molecule has 0 N–H and O–H groups in total. The summed E-state index contributed by atoms with van der Waals surface area (Å²) in [6, 6.07) is 0. The van der Waals surface area contributed by atoms with Crippen LogP contribution < -0.4 is 0 Å². The van der Waals surface area contributed by atoms with Gasteiger partial charge in [-0.1, -0.05) is 71.6 Å². The Bertz CT molecular complexity index is 801. The van der Waals surface area contributed by atoms with Crippen LogP contribution in [0.4, 0.5) is 0 Å². The fraction of sp³-hybridized carbons (Fsp3) is 0.947. The SMILES string of the molecule is CCC1CCC(C2CCC(C(=O)OCC(OC(=O)C3CCC(C4CCC(CC)CC4)CC3)C3CCCCC3)CC2)CC1.